The number of thioether (sulfide) groups is 1. The Morgan fingerprint density at radius 2 is 2.00 bits per heavy atom. The molecule has 0 fully saturated rings. The largest absolute Gasteiger partial charge is 0.310 e. The molecule has 8 heteroatoms. The molecule has 2 aromatic heterocycles. The Hall–Kier alpha value is -2.19. The van der Waals surface area contributed by atoms with E-state index in [2.05, 4.69) is 36.4 Å². The maximum atomic E-state index is 12.0. The molecule has 0 saturated heterocycles. The average molecular weight is 404 g/mol. The lowest BCUT2D eigenvalue weighted by molar-refractivity contribution is -0.113. The zero-order chi connectivity index (χ0) is 16.9. The number of carbonyl (C=O) groups is 1. The van der Waals surface area contributed by atoms with Gasteiger partial charge in [-0.1, -0.05) is 42.1 Å². The van der Waals surface area contributed by atoms with E-state index in [0.29, 0.717) is 11.0 Å². The zero-order valence-corrected chi connectivity index (χ0v) is 15.2. The van der Waals surface area contributed by atoms with Crippen molar-refractivity contribution >= 4 is 39.4 Å². The van der Waals surface area contributed by atoms with E-state index in [1.54, 1.807) is 12.3 Å². The molecule has 122 valence electrons. The number of rotatable bonds is 5. The SMILES string of the molecule is Cn1c(SCC(=O)Nc2ccc(Br)cn2)nnc1-c1ccccc1. The highest BCUT2D eigenvalue weighted by molar-refractivity contribution is 9.10. The highest BCUT2D eigenvalue weighted by Crippen LogP contribution is 2.22. The Labute approximate surface area is 151 Å². The lowest BCUT2D eigenvalue weighted by atomic mass is 10.2. The summed E-state index contributed by atoms with van der Waals surface area (Å²) in [7, 11) is 1.89. The molecule has 0 aliphatic rings. The molecule has 1 aromatic carbocycles. The van der Waals surface area contributed by atoms with Gasteiger partial charge in [0.15, 0.2) is 11.0 Å². The Balaban J connectivity index is 1.62. The maximum Gasteiger partial charge on any atom is 0.236 e. The quantitative estimate of drug-likeness (QED) is 0.661. The molecule has 0 aliphatic carbocycles. The number of pyridine rings is 1. The Morgan fingerprint density at radius 3 is 2.71 bits per heavy atom. The number of benzene rings is 1. The highest BCUT2D eigenvalue weighted by atomic mass is 79.9. The van der Waals surface area contributed by atoms with E-state index >= 15 is 0 Å². The second-order valence-electron chi connectivity index (χ2n) is 4.93. The van der Waals surface area contributed by atoms with Gasteiger partial charge >= 0.3 is 0 Å². The molecule has 1 N–H and O–H groups in total. The Bertz CT molecular complexity index is 835. The van der Waals surface area contributed by atoms with Gasteiger partial charge in [0.1, 0.15) is 5.82 Å². The second kappa shape index (κ2) is 7.59. The summed E-state index contributed by atoms with van der Waals surface area (Å²) < 4.78 is 2.74. The fraction of sp³-hybridized carbons (Fsp3) is 0.125. The van der Waals surface area contributed by atoms with Gasteiger partial charge in [0.25, 0.3) is 0 Å². The summed E-state index contributed by atoms with van der Waals surface area (Å²) >= 11 is 4.64. The number of hydrogen-bond donors (Lipinski definition) is 1. The van der Waals surface area contributed by atoms with Crippen LogP contribution in [-0.4, -0.2) is 31.4 Å². The van der Waals surface area contributed by atoms with Crippen LogP contribution in [0, 0.1) is 0 Å². The van der Waals surface area contributed by atoms with E-state index in [1.165, 1.54) is 11.8 Å². The smallest absolute Gasteiger partial charge is 0.236 e. The van der Waals surface area contributed by atoms with Gasteiger partial charge in [0.2, 0.25) is 5.91 Å². The van der Waals surface area contributed by atoms with Crippen LogP contribution in [0.25, 0.3) is 11.4 Å². The molecule has 0 bridgehead atoms. The number of hydrogen-bond acceptors (Lipinski definition) is 5. The van der Waals surface area contributed by atoms with Gasteiger partial charge in [0.05, 0.1) is 5.75 Å². The second-order valence-corrected chi connectivity index (χ2v) is 6.79. The monoisotopic (exact) mass is 403 g/mol. The van der Waals surface area contributed by atoms with Crippen molar-refractivity contribution in [2.24, 2.45) is 7.05 Å². The van der Waals surface area contributed by atoms with Crippen LogP contribution in [0.3, 0.4) is 0 Å². The Kier molecular flexibility index (Phi) is 5.27. The topological polar surface area (TPSA) is 72.7 Å². The summed E-state index contributed by atoms with van der Waals surface area (Å²) in [6.45, 7) is 0. The molecule has 0 aliphatic heterocycles. The highest BCUT2D eigenvalue weighted by Gasteiger charge is 2.13. The number of anilines is 1. The minimum Gasteiger partial charge on any atom is -0.310 e. The summed E-state index contributed by atoms with van der Waals surface area (Å²) in [6.07, 6.45) is 1.64. The molecule has 0 saturated carbocycles. The average Bonchev–Trinajstić information content (AvgIpc) is 2.97. The van der Waals surface area contributed by atoms with Crippen molar-refractivity contribution in [3.05, 3.63) is 53.1 Å². The molecule has 0 atom stereocenters. The van der Waals surface area contributed by atoms with Crippen LogP contribution < -0.4 is 5.32 Å². The molecule has 24 heavy (non-hydrogen) atoms. The zero-order valence-electron chi connectivity index (χ0n) is 12.8. The summed E-state index contributed by atoms with van der Waals surface area (Å²) in [5.74, 6) is 1.39. The lowest BCUT2D eigenvalue weighted by Gasteiger charge is -2.05. The first kappa shape index (κ1) is 16.7. The minimum absolute atomic E-state index is 0.140. The molecule has 0 unspecified atom stereocenters. The van der Waals surface area contributed by atoms with Crippen LogP contribution in [0.5, 0.6) is 0 Å². The van der Waals surface area contributed by atoms with E-state index in [4.69, 9.17) is 0 Å². The van der Waals surface area contributed by atoms with Crippen molar-refractivity contribution in [1.29, 1.82) is 0 Å². The summed E-state index contributed by atoms with van der Waals surface area (Å²) in [4.78, 5) is 16.1. The summed E-state index contributed by atoms with van der Waals surface area (Å²) in [5.41, 5.74) is 0.989. The van der Waals surface area contributed by atoms with Crippen molar-refractivity contribution in [1.82, 2.24) is 19.7 Å². The van der Waals surface area contributed by atoms with Crippen molar-refractivity contribution in [3.63, 3.8) is 0 Å². The van der Waals surface area contributed by atoms with Gasteiger partial charge in [-0.15, -0.1) is 10.2 Å². The number of nitrogens with zero attached hydrogens (tertiary/aromatic N) is 4. The van der Waals surface area contributed by atoms with Crippen molar-refractivity contribution < 1.29 is 4.79 Å². The predicted octanol–water partition coefficient (Wildman–Crippen LogP) is 3.37. The third-order valence-corrected chi connectivity index (χ3v) is 4.68. The van der Waals surface area contributed by atoms with E-state index in [-0.39, 0.29) is 11.7 Å². The van der Waals surface area contributed by atoms with E-state index in [9.17, 15) is 4.79 Å². The number of nitrogens with one attached hydrogen (secondary N) is 1. The normalized spacial score (nSPS) is 10.6. The van der Waals surface area contributed by atoms with Gasteiger partial charge < -0.3 is 9.88 Å². The molecule has 0 radical (unpaired) electrons. The van der Waals surface area contributed by atoms with Crippen molar-refractivity contribution in [2.45, 2.75) is 5.16 Å². The Morgan fingerprint density at radius 1 is 1.21 bits per heavy atom. The van der Waals surface area contributed by atoms with Crippen molar-refractivity contribution in [2.75, 3.05) is 11.1 Å². The number of amides is 1. The molecule has 3 aromatic rings. The molecule has 1 amide bonds. The fourth-order valence-corrected chi connectivity index (χ4v) is 2.98. The first-order chi connectivity index (χ1) is 11.6. The van der Waals surface area contributed by atoms with Crippen molar-refractivity contribution in [3.8, 4) is 11.4 Å². The van der Waals surface area contributed by atoms with Gasteiger partial charge in [-0.3, -0.25) is 4.79 Å². The fourth-order valence-electron chi connectivity index (χ4n) is 2.04. The maximum absolute atomic E-state index is 12.0. The number of carbonyl (C=O) groups excluding carboxylic acids is 1. The number of halogens is 1. The van der Waals surface area contributed by atoms with Crippen LogP contribution in [0.15, 0.2) is 58.3 Å². The van der Waals surface area contributed by atoms with E-state index < -0.39 is 0 Å². The van der Waals surface area contributed by atoms with Crippen LogP contribution >= 0.6 is 27.7 Å². The van der Waals surface area contributed by atoms with Gasteiger partial charge in [-0.05, 0) is 28.1 Å². The molecule has 2 heterocycles. The lowest BCUT2D eigenvalue weighted by Crippen LogP contribution is -2.15. The van der Waals surface area contributed by atoms with Crippen LogP contribution in [-0.2, 0) is 11.8 Å². The molecule has 6 nitrogen and oxygen atoms in total. The first-order valence-electron chi connectivity index (χ1n) is 7.12. The van der Waals surface area contributed by atoms with Crippen LogP contribution in [0.1, 0.15) is 0 Å². The molecular weight excluding hydrogens is 390 g/mol. The standard InChI is InChI=1S/C16H14BrN5OS/c1-22-15(11-5-3-2-4-6-11)20-21-16(22)24-10-14(23)19-13-8-7-12(17)9-18-13/h2-9H,10H2,1H3,(H,18,19,23). The van der Waals surface area contributed by atoms with Crippen LogP contribution in [0.4, 0.5) is 5.82 Å². The third kappa shape index (κ3) is 4.01. The summed E-state index contributed by atoms with van der Waals surface area (Å²) in [6, 6.07) is 13.4. The predicted molar refractivity (Wildman–Crippen MR) is 97.7 cm³/mol. The first-order valence-corrected chi connectivity index (χ1v) is 8.90. The van der Waals surface area contributed by atoms with E-state index in [1.807, 2.05) is 48.0 Å². The molecule has 0 spiro atoms. The van der Waals surface area contributed by atoms with Gasteiger partial charge in [-0.25, -0.2) is 4.98 Å². The minimum atomic E-state index is -0.140. The van der Waals surface area contributed by atoms with E-state index in [0.717, 1.165) is 15.9 Å². The number of aromatic nitrogens is 4. The third-order valence-electron chi connectivity index (χ3n) is 3.19. The molecular formula is C16H14BrN5OS. The van der Waals surface area contributed by atoms with Gasteiger partial charge in [0, 0.05) is 23.3 Å². The molecule has 3 rings (SSSR count). The van der Waals surface area contributed by atoms with Gasteiger partial charge in [-0.2, -0.15) is 0 Å². The summed E-state index contributed by atoms with van der Waals surface area (Å²) in [5, 5.41) is 11.8. The van der Waals surface area contributed by atoms with Crippen LogP contribution in [0.2, 0.25) is 0 Å².